The molecule has 1 N–H and O–H groups in total. The number of halogens is 1. The summed E-state index contributed by atoms with van der Waals surface area (Å²) in [5.41, 5.74) is 0.204. The molecule has 3 nitrogen and oxygen atoms in total. The van der Waals surface area contributed by atoms with Gasteiger partial charge >= 0.3 is 0 Å². The lowest BCUT2D eigenvalue weighted by Gasteiger charge is -2.23. The van der Waals surface area contributed by atoms with Crippen LogP contribution >= 0.6 is 0 Å². The number of benzene rings is 1. The quantitative estimate of drug-likeness (QED) is 0.850. The molecule has 0 unspecified atom stereocenters. The van der Waals surface area contributed by atoms with Crippen LogP contribution in [-0.4, -0.2) is 24.4 Å². The van der Waals surface area contributed by atoms with Gasteiger partial charge in [0.25, 0.3) is 0 Å². The molecule has 0 spiro atoms. The smallest absolute Gasteiger partial charge is 0.125 e. The maximum absolute atomic E-state index is 13.1. The fourth-order valence-electron chi connectivity index (χ4n) is 1.49. The average Bonchev–Trinajstić information content (AvgIpc) is 2.30. The Balaban J connectivity index is 2.67. The molecule has 0 bridgehead atoms. The highest BCUT2D eigenvalue weighted by molar-refractivity contribution is 5.35. The molecule has 0 aliphatic carbocycles. The Bertz CT molecular complexity index is 389. The van der Waals surface area contributed by atoms with Crippen LogP contribution in [-0.2, 0) is 4.74 Å². The van der Waals surface area contributed by atoms with Gasteiger partial charge in [0.05, 0.1) is 18.3 Å². The Hall–Kier alpha value is -1.13. The van der Waals surface area contributed by atoms with Crippen molar-refractivity contribution in [1.82, 2.24) is 0 Å². The van der Waals surface area contributed by atoms with E-state index >= 15 is 0 Å². The van der Waals surface area contributed by atoms with E-state index in [2.05, 4.69) is 0 Å². The molecule has 1 atom stereocenters. The third kappa shape index (κ3) is 4.27. The minimum atomic E-state index is -0.758. The highest BCUT2D eigenvalue weighted by Gasteiger charge is 2.17. The number of ether oxygens (including phenoxy) is 2. The first kappa shape index (κ1) is 14.9. The van der Waals surface area contributed by atoms with Crippen LogP contribution in [0.2, 0.25) is 0 Å². The lowest BCUT2D eigenvalue weighted by molar-refractivity contribution is 0.00521. The minimum Gasteiger partial charge on any atom is -0.493 e. The molecule has 1 aromatic carbocycles. The van der Waals surface area contributed by atoms with Crippen molar-refractivity contribution in [2.75, 3.05) is 13.7 Å². The van der Waals surface area contributed by atoms with Crippen LogP contribution in [0.4, 0.5) is 4.39 Å². The summed E-state index contributed by atoms with van der Waals surface area (Å²) in [4.78, 5) is 0. The Morgan fingerprint density at radius 3 is 2.61 bits per heavy atom. The van der Waals surface area contributed by atoms with E-state index in [4.69, 9.17) is 9.47 Å². The summed E-state index contributed by atoms with van der Waals surface area (Å²) in [7, 11) is 1.65. The third-order valence-electron chi connectivity index (χ3n) is 2.94. The Kier molecular flexibility index (Phi) is 5.11. The zero-order valence-corrected chi connectivity index (χ0v) is 11.4. The SMILES string of the molecule is COC(C)(C)CCOc1ccc(F)cc1[C@@H](C)O. The molecule has 0 aromatic heterocycles. The van der Waals surface area contributed by atoms with Gasteiger partial charge in [-0.05, 0) is 39.0 Å². The molecule has 0 heterocycles. The van der Waals surface area contributed by atoms with Crippen molar-refractivity contribution < 1.29 is 19.0 Å². The second-order valence-electron chi connectivity index (χ2n) is 4.92. The monoisotopic (exact) mass is 256 g/mol. The van der Waals surface area contributed by atoms with Gasteiger partial charge in [0, 0.05) is 19.1 Å². The van der Waals surface area contributed by atoms with Crippen molar-refractivity contribution in [3.05, 3.63) is 29.6 Å². The first-order chi connectivity index (χ1) is 8.35. The summed E-state index contributed by atoms with van der Waals surface area (Å²) >= 11 is 0. The summed E-state index contributed by atoms with van der Waals surface area (Å²) in [6.07, 6.45) is -0.0497. The molecule has 0 amide bonds. The predicted molar refractivity (Wildman–Crippen MR) is 68.2 cm³/mol. The van der Waals surface area contributed by atoms with E-state index in [0.29, 0.717) is 24.3 Å². The lowest BCUT2D eigenvalue weighted by Crippen LogP contribution is -2.25. The average molecular weight is 256 g/mol. The maximum Gasteiger partial charge on any atom is 0.125 e. The van der Waals surface area contributed by atoms with E-state index in [1.165, 1.54) is 18.2 Å². The number of hydrogen-bond acceptors (Lipinski definition) is 3. The van der Waals surface area contributed by atoms with Gasteiger partial charge in [-0.25, -0.2) is 4.39 Å². The molecule has 1 aromatic rings. The van der Waals surface area contributed by atoms with Crippen molar-refractivity contribution in [3.63, 3.8) is 0 Å². The minimum absolute atomic E-state index is 0.259. The van der Waals surface area contributed by atoms with E-state index in [-0.39, 0.29) is 11.4 Å². The number of methoxy groups -OCH3 is 1. The molecule has 102 valence electrons. The third-order valence-corrected chi connectivity index (χ3v) is 2.94. The van der Waals surface area contributed by atoms with Crippen molar-refractivity contribution in [2.45, 2.75) is 38.9 Å². The highest BCUT2D eigenvalue weighted by Crippen LogP contribution is 2.26. The number of rotatable bonds is 6. The van der Waals surface area contributed by atoms with Crippen LogP contribution in [0.15, 0.2) is 18.2 Å². The zero-order valence-electron chi connectivity index (χ0n) is 11.4. The standard InChI is InChI=1S/C14H21FO3/c1-10(16)12-9-11(15)5-6-13(12)18-8-7-14(2,3)17-4/h5-6,9-10,16H,7-8H2,1-4H3/t10-/m1/s1. The van der Waals surface area contributed by atoms with Crippen molar-refractivity contribution >= 4 is 0 Å². The van der Waals surface area contributed by atoms with E-state index in [1.54, 1.807) is 14.0 Å². The summed E-state index contributed by atoms with van der Waals surface area (Å²) < 4.78 is 24.0. The van der Waals surface area contributed by atoms with Gasteiger partial charge in [-0.1, -0.05) is 0 Å². The van der Waals surface area contributed by atoms with Crippen LogP contribution in [0.25, 0.3) is 0 Å². The van der Waals surface area contributed by atoms with Gasteiger partial charge in [-0.2, -0.15) is 0 Å². The number of aliphatic hydroxyl groups is 1. The molecule has 0 aliphatic rings. The lowest BCUT2D eigenvalue weighted by atomic mass is 10.1. The number of aliphatic hydroxyl groups excluding tert-OH is 1. The Labute approximate surface area is 108 Å². The molecule has 0 radical (unpaired) electrons. The summed E-state index contributed by atoms with van der Waals surface area (Å²) in [5, 5.41) is 9.56. The number of hydrogen-bond donors (Lipinski definition) is 1. The maximum atomic E-state index is 13.1. The molecular formula is C14H21FO3. The molecule has 0 saturated carbocycles. The van der Waals surface area contributed by atoms with Gasteiger partial charge in [0.1, 0.15) is 11.6 Å². The molecule has 1 rings (SSSR count). The van der Waals surface area contributed by atoms with Crippen LogP contribution in [0.1, 0.15) is 38.9 Å². The molecule has 0 aliphatic heterocycles. The van der Waals surface area contributed by atoms with Gasteiger partial charge in [-0.15, -0.1) is 0 Å². The van der Waals surface area contributed by atoms with Crippen molar-refractivity contribution in [3.8, 4) is 5.75 Å². The second kappa shape index (κ2) is 6.16. The second-order valence-corrected chi connectivity index (χ2v) is 4.92. The van der Waals surface area contributed by atoms with Crippen LogP contribution in [0.5, 0.6) is 5.75 Å². The topological polar surface area (TPSA) is 38.7 Å². The Morgan fingerprint density at radius 2 is 2.06 bits per heavy atom. The van der Waals surface area contributed by atoms with Crippen LogP contribution in [0, 0.1) is 5.82 Å². The van der Waals surface area contributed by atoms with Gasteiger partial charge in [-0.3, -0.25) is 0 Å². The molecule has 0 saturated heterocycles. The molecule has 18 heavy (non-hydrogen) atoms. The van der Waals surface area contributed by atoms with E-state index < -0.39 is 6.10 Å². The van der Waals surface area contributed by atoms with E-state index in [9.17, 15) is 9.50 Å². The van der Waals surface area contributed by atoms with Crippen LogP contribution < -0.4 is 4.74 Å². The summed E-state index contributed by atoms with van der Waals surface area (Å²) in [5.74, 6) is 0.133. The summed E-state index contributed by atoms with van der Waals surface area (Å²) in [6.45, 7) is 5.97. The molecule has 0 fully saturated rings. The summed E-state index contributed by atoms with van der Waals surface area (Å²) in [6, 6.07) is 4.15. The van der Waals surface area contributed by atoms with Gasteiger partial charge in [0.15, 0.2) is 0 Å². The highest BCUT2D eigenvalue weighted by atomic mass is 19.1. The fraction of sp³-hybridized carbons (Fsp3) is 0.571. The van der Waals surface area contributed by atoms with E-state index in [1.807, 2.05) is 13.8 Å². The molecule has 4 heteroatoms. The largest absolute Gasteiger partial charge is 0.493 e. The Morgan fingerprint density at radius 1 is 1.39 bits per heavy atom. The van der Waals surface area contributed by atoms with Crippen molar-refractivity contribution in [1.29, 1.82) is 0 Å². The van der Waals surface area contributed by atoms with Gasteiger partial charge < -0.3 is 14.6 Å². The fourth-order valence-corrected chi connectivity index (χ4v) is 1.49. The zero-order chi connectivity index (χ0) is 13.8. The van der Waals surface area contributed by atoms with Crippen LogP contribution in [0.3, 0.4) is 0 Å². The van der Waals surface area contributed by atoms with Crippen molar-refractivity contribution in [2.24, 2.45) is 0 Å². The molecular weight excluding hydrogens is 235 g/mol. The first-order valence-corrected chi connectivity index (χ1v) is 6.01. The normalized spacial score (nSPS) is 13.4. The van der Waals surface area contributed by atoms with Gasteiger partial charge in [0.2, 0.25) is 0 Å². The first-order valence-electron chi connectivity index (χ1n) is 6.01. The predicted octanol–water partition coefficient (Wildman–Crippen LogP) is 3.07. The van der Waals surface area contributed by atoms with E-state index in [0.717, 1.165) is 0 Å².